The summed E-state index contributed by atoms with van der Waals surface area (Å²) in [5.41, 5.74) is 0.205. The molecule has 2 aromatic carbocycles. The van der Waals surface area contributed by atoms with E-state index in [9.17, 15) is 10.2 Å². The molecular weight excluding hydrogens is 260 g/mol. The fourth-order valence-corrected chi connectivity index (χ4v) is 3.46. The highest BCUT2D eigenvalue weighted by atomic mass is 16.3. The van der Waals surface area contributed by atoms with E-state index < -0.39 is 11.7 Å². The minimum absolute atomic E-state index is 0.520. The van der Waals surface area contributed by atoms with Crippen LogP contribution < -0.4 is 0 Å². The van der Waals surface area contributed by atoms with Gasteiger partial charge in [0.2, 0.25) is 0 Å². The van der Waals surface area contributed by atoms with Crippen molar-refractivity contribution in [1.82, 2.24) is 0 Å². The summed E-state index contributed by atoms with van der Waals surface area (Å²) in [5, 5.41) is 23.7. The zero-order chi connectivity index (χ0) is 14.9. The molecule has 1 fully saturated rings. The van der Waals surface area contributed by atoms with Gasteiger partial charge in [0, 0.05) is 6.42 Å². The molecule has 0 bridgehead atoms. The first-order chi connectivity index (χ1) is 10.1. The quantitative estimate of drug-likeness (QED) is 0.902. The molecule has 21 heavy (non-hydrogen) atoms. The molecule has 3 rings (SSSR count). The summed E-state index contributed by atoms with van der Waals surface area (Å²) in [6, 6.07) is 14.4. The molecule has 1 unspecified atom stereocenters. The highest BCUT2D eigenvalue weighted by Gasteiger charge is 2.38. The predicted octanol–water partition coefficient (Wildman–Crippen LogP) is 3.68. The first-order valence-electron chi connectivity index (χ1n) is 7.95. The van der Waals surface area contributed by atoms with E-state index in [-0.39, 0.29) is 0 Å². The van der Waals surface area contributed by atoms with E-state index in [0.29, 0.717) is 25.2 Å². The highest BCUT2D eigenvalue weighted by Crippen LogP contribution is 2.35. The van der Waals surface area contributed by atoms with Gasteiger partial charge in [-0.2, -0.15) is 0 Å². The zero-order valence-corrected chi connectivity index (χ0v) is 12.6. The molecule has 2 aromatic rings. The van der Waals surface area contributed by atoms with Gasteiger partial charge in [0.05, 0.1) is 11.7 Å². The molecule has 2 N–H and O–H groups in total. The largest absolute Gasteiger partial charge is 0.390 e. The standard InChI is InChI=1S/C19H24O2/c1-14-9-11-19(21,12-10-14)18(20)13-16-7-4-6-15-5-2-3-8-17(15)16/h2-8,14,18,20-21H,9-13H2,1H3. The Kier molecular flexibility index (Phi) is 4.01. The van der Waals surface area contributed by atoms with Gasteiger partial charge >= 0.3 is 0 Å². The molecule has 0 radical (unpaired) electrons. The molecule has 0 amide bonds. The van der Waals surface area contributed by atoms with E-state index in [1.807, 2.05) is 18.2 Å². The summed E-state index contributed by atoms with van der Waals surface area (Å²) < 4.78 is 0. The second-order valence-corrected chi connectivity index (χ2v) is 6.64. The van der Waals surface area contributed by atoms with Gasteiger partial charge in [-0.1, -0.05) is 49.4 Å². The molecule has 0 aromatic heterocycles. The van der Waals surface area contributed by atoms with Crippen molar-refractivity contribution in [2.75, 3.05) is 0 Å². The third-order valence-corrected chi connectivity index (χ3v) is 5.05. The first kappa shape index (κ1) is 14.6. The number of fused-ring (bicyclic) bond motifs is 1. The molecule has 1 aliphatic rings. The zero-order valence-electron chi connectivity index (χ0n) is 12.6. The van der Waals surface area contributed by atoms with Gasteiger partial charge in [0.1, 0.15) is 0 Å². The molecule has 112 valence electrons. The van der Waals surface area contributed by atoms with Crippen LogP contribution in [0.5, 0.6) is 0 Å². The number of rotatable bonds is 3. The number of hydrogen-bond donors (Lipinski definition) is 2. The lowest BCUT2D eigenvalue weighted by Gasteiger charge is -2.38. The van der Waals surface area contributed by atoms with E-state index in [1.165, 1.54) is 10.8 Å². The van der Waals surface area contributed by atoms with E-state index in [1.54, 1.807) is 0 Å². The van der Waals surface area contributed by atoms with Crippen LogP contribution in [-0.4, -0.2) is 21.9 Å². The van der Waals surface area contributed by atoms with Crippen molar-refractivity contribution in [3.05, 3.63) is 48.0 Å². The van der Waals surface area contributed by atoms with Crippen molar-refractivity contribution in [2.45, 2.75) is 50.7 Å². The topological polar surface area (TPSA) is 40.5 Å². The van der Waals surface area contributed by atoms with E-state index in [0.717, 1.165) is 18.4 Å². The maximum Gasteiger partial charge on any atom is 0.0908 e. The summed E-state index contributed by atoms with van der Waals surface area (Å²) in [5.74, 6) is 0.662. The van der Waals surface area contributed by atoms with Crippen molar-refractivity contribution in [3.63, 3.8) is 0 Å². The normalized spacial score (nSPS) is 27.7. The second kappa shape index (κ2) is 5.78. The maximum absolute atomic E-state index is 10.7. The van der Waals surface area contributed by atoms with Crippen LogP contribution in [0.2, 0.25) is 0 Å². The molecule has 1 aliphatic carbocycles. The summed E-state index contributed by atoms with van der Waals surface area (Å²) in [6.45, 7) is 2.22. The number of hydrogen-bond acceptors (Lipinski definition) is 2. The lowest BCUT2D eigenvalue weighted by Crippen LogP contribution is -2.46. The smallest absolute Gasteiger partial charge is 0.0908 e. The van der Waals surface area contributed by atoms with Gasteiger partial charge in [0.25, 0.3) is 0 Å². The summed E-state index contributed by atoms with van der Waals surface area (Å²) >= 11 is 0. The average Bonchev–Trinajstić information content (AvgIpc) is 2.51. The fraction of sp³-hybridized carbons (Fsp3) is 0.474. The molecule has 1 saturated carbocycles. The van der Waals surface area contributed by atoms with Crippen LogP contribution >= 0.6 is 0 Å². The fourth-order valence-electron chi connectivity index (χ4n) is 3.46. The lowest BCUT2D eigenvalue weighted by molar-refractivity contribution is -0.102. The van der Waals surface area contributed by atoms with Crippen molar-refractivity contribution < 1.29 is 10.2 Å². The van der Waals surface area contributed by atoms with Gasteiger partial charge in [-0.3, -0.25) is 0 Å². The summed E-state index contributed by atoms with van der Waals surface area (Å²) in [4.78, 5) is 0. The monoisotopic (exact) mass is 284 g/mol. The van der Waals surface area contributed by atoms with Crippen molar-refractivity contribution in [2.24, 2.45) is 5.92 Å². The van der Waals surface area contributed by atoms with Crippen LogP contribution in [0.1, 0.15) is 38.2 Å². The Hall–Kier alpha value is -1.38. The predicted molar refractivity (Wildman–Crippen MR) is 86.2 cm³/mol. The van der Waals surface area contributed by atoms with E-state index in [4.69, 9.17) is 0 Å². The Morgan fingerprint density at radius 3 is 2.52 bits per heavy atom. The maximum atomic E-state index is 10.7. The number of benzene rings is 2. The Labute approximate surface area is 126 Å². The Bertz CT molecular complexity index is 606. The molecule has 2 nitrogen and oxygen atoms in total. The second-order valence-electron chi connectivity index (χ2n) is 6.64. The SMILES string of the molecule is CC1CCC(O)(C(O)Cc2cccc3ccccc23)CC1. The van der Waals surface area contributed by atoms with Crippen LogP contribution in [0.4, 0.5) is 0 Å². The third-order valence-electron chi connectivity index (χ3n) is 5.05. The highest BCUT2D eigenvalue weighted by molar-refractivity contribution is 5.85. The molecule has 1 atom stereocenters. The van der Waals surface area contributed by atoms with Crippen molar-refractivity contribution in [3.8, 4) is 0 Å². The van der Waals surface area contributed by atoms with E-state index >= 15 is 0 Å². The third kappa shape index (κ3) is 2.97. The Morgan fingerprint density at radius 1 is 1.10 bits per heavy atom. The van der Waals surface area contributed by atoms with Gasteiger partial charge in [-0.25, -0.2) is 0 Å². The Balaban J connectivity index is 1.82. The first-order valence-corrected chi connectivity index (χ1v) is 7.95. The van der Waals surface area contributed by atoms with Crippen molar-refractivity contribution in [1.29, 1.82) is 0 Å². The average molecular weight is 284 g/mol. The van der Waals surface area contributed by atoms with Crippen LogP contribution in [-0.2, 0) is 6.42 Å². The molecule has 0 heterocycles. The summed E-state index contributed by atoms with van der Waals surface area (Å²) in [7, 11) is 0. The molecular formula is C19H24O2. The minimum Gasteiger partial charge on any atom is -0.390 e. The number of aliphatic hydroxyl groups is 2. The van der Waals surface area contributed by atoms with Crippen LogP contribution in [0, 0.1) is 5.92 Å². The van der Waals surface area contributed by atoms with Gasteiger partial charge in [0.15, 0.2) is 0 Å². The van der Waals surface area contributed by atoms with Crippen LogP contribution in [0.3, 0.4) is 0 Å². The van der Waals surface area contributed by atoms with Gasteiger partial charge < -0.3 is 10.2 Å². The molecule has 0 saturated heterocycles. The Morgan fingerprint density at radius 2 is 1.76 bits per heavy atom. The van der Waals surface area contributed by atoms with Crippen LogP contribution in [0.25, 0.3) is 10.8 Å². The number of aliphatic hydroxyl groups excluding tert-OH is 1. The van der Waals surface area contributed by atoms with Crippen LogP contribution in [0.15, 0.2) is 42.5 Å². The molecule has 0 spiro atoms. The van der Waals surface area contributed by atoms with Gasteiger partial charge in [-0.05, 0) is 47.9 Å². The molecule has 2 heteroatoms. The summed E-state index contributed by atoms with van der Waals surface area (Å²) in [6.07, 6.45) is 3.26. The van der Waals surface area contributed by atoms with Gasteiger partial charge in [-0.15, -0.1) is 0 Å². The lowest BCUT2D eigenvalue weighted by atomic mass is 9.75. The van der Waals surface area contributed by atoms with Crippen molar-refractivity contribution >= 4 is 10.8 Å². The van der Waals surface area contributed by atoms with E-state index in [2.05, 4.69) is 31.2 Å². The minimum atomic E-state index is -0.913. The molecule has 0 aliphatic heterocycles.